The van der Waals surface area contributed by atoms with Gasteiger partial charge in [-0.25, -0.2) is 4.98 Å². The Hall–Kier alpha value is -2.39. The zero-order valence-electron chi connectivity index (χ0n) is 17.7. The second-order valence-electron chi connectivity index (χ2n) is 7.66. The van der Waals surface area contributed by atoms with Crippen molar-refractivity contribution >= 4 is 16.6 Å². The largest absolute Gasteiger partial charge is 0.382 e. The summed E-state index contributed by atoms with van der Waals surface area (Å²) in [7, 11) is 0. The number of rotatable bonds is 9. The summed E-state index contributed by atoms with van der Waals surface area (Å²) in [6, 6.07) is 19.6. The zero-order chi connectivity index (χ0) is 19.9. The lowest BCUT2D eigenvalue weighted by Crippen LogP contribution is -2.25. The van der Waals surface area contributed by atoms with Crippen molar-refractivity contribution in [3.8, 4) is 11.3 Å². The summed E-state index contributed by atoms with van der Waals surface area (Å²) >= 11 is 0. The van der Waals surface area contributed by atoms with Crippen molar-refractivity contribution in [3.63, 3.8) is 0 Å². The van der Waals surface area contributed by atoms with Crippen LogP contribution in [-0.2, 0) is 0 Å². The van der Waals surface area contributed by atoms with Gasteiger partial charge in [0.1, 0.15) is 0 Å². The summed E-state index contributed by atoms with van der Waals surface area (Å²) in [4.78, 5) is 7.43. The van der Waals surface area contributed by atoms with Crippen LogP contribution in [0.25, 0.3) is 22.2 Å². The number of hydrogen-bond donors (Lipinski definition) is 1. The topological polar surface area (TPSA) is 28.2 Å². The van der Waals surface area contributed by atoms with Gasteiger partial charge in [0.2, 0.25) is 0 Å². The first-order valence-corrected chi connectivity index (χ1v) is 10.6. The SMILES string of the molecule is CCN(CC)CCCC(C)Nc1cc(-c2ccccc2)nc2cc(C)ccc12. The number of aryl methyl sites for hydroxylation is 1. The Morgan fingerprint density at radius 2 is 1.75 bits per heavy atom. The number of nitrogens with one attached hydrogen (secondary N) is 1. The molecule has 0 saturated carbocycles. The van der Waals surface area contributed by atoms with Crippen LogP contribution in [0.2, 0.25) is 0 Å². The molecule has 0 saturated heterocycles. The molecule has 1 atom stereocenters. The lowest BCUT2D eigenvalue weighted by Gasteiger charge is -2.21. The summed E-state index contributed by atoms with van der Waals surface area (Å²) in [6.07, 6.45) is 2.37. The monoisotopic (exact) mass is 375 g/mol. The van der Waals surface area contributed by atoms with E-state index in [0.717, 1.165) is 36.3 Å². The fraction of sp³-hybridized carbons (Fsp3) is 0.400. The predicted octanol–water partition coefficient (Wildman–Crippen LogP) is 6.13. The maximum Gasteiger partial charge on any atom is 0.0732 e. The van der Waals surface area contributed by atoms with Crippen LogP contribution in [0, 0.1) is 6.92 Å². The number of nitrogens with zero attached hydrogens (tertiary/aromatic N) is 2. The fourth-order valence-electron chi connectivity index (χ4n) is 3.71. The average molecular weight is 376 g/mol. The molecule has 148 valence electrons. The normalized spacial score (nSPS) is 12.5. The van der Waals surface area contributed by atoms with Gasteiger partial charge in [-0.05, 0) is 64.0 Å². The van der Waals surface area contributed by atoms with E-state index in [0.29, 0.717) is 6.04 Å². The molecule has 28 heavy (non-hydrogen) atoms. The van der Waals surface area contributed by atoms with E-state index < -0.39 is 0 Å². The van der Waals surface area contributed by atoms with Crippen molar-refractivity contribution in [1.29, 1.82) is 0 Å². The van der Waals surface area contributed by atoms with E-state index in [1.807, 2.05) is 6.07 Å². The van der Waals surface area contributed by atoms with E-state index in [1.165, 1.54) is 29.6 Å². The van der Waals surface area contributed by atoms with Crippen LogP contribution in [0.1, 0.15) is 39.2 Å². The maximum atomic E-state index is 4.94. The Balaban J connectivity index is 1.83. The van der Waals surface area contributed by atoms with E-state index in [-0.39, 0.29) is 0 Å². The molecule has 3 heteroatoms. The molecule has 0 aliphatic carbocycles. The maximum absolute atomic E-state index is 4.94. The molecule has 0 radical (unpaired) electrons. The summed E-state index contributed by atoms with van der Waals surface area (Å²) < 4.78 is 0. The molecular weight excluding hydrogens is 342 g/mol. The molecule has 0 amide bonds. The Morgan fingerprint density at radius 3 is 2.46 bits per heavy atom. The van der Waals surface area contributed by atoms with Crippen molar-refractivity contribution in [2.45, 2.75) is 46.6 Å². The summed E-state index contributed by atoms with van der Waals surface area (Å²) in [6.45, 7) is 12.3. The van der Waals surface area contributed by atoms with Gasteiger partial charge >= 0.3 is 0 Å². The second kappa shape index (κ2) is 9.70. The first-order chi connectivity index (χ1) is 13.6. The zero-order valence-corrected chi connectivity index (χ0v) is 17.7. The molecule has 1 unspecified atom stereocenters. The highest BCUT2D eigenvalue weighted by molar-refractivity contribution is 5.94. The molecule has 1 N–H and O–H groups in total. The Kier molecular flexibility index (Phi) is 7.05. The highest BCUT2D eigenvalue weighted by Gasteiger charge is 2.11. The third kappa shape index (κ3) is 5.11. The molecule has 0 aliphatic rings. The minimum absolute atomic E-state index is 0.422. The van der Waals surface area contributed by atoms with Gasteiger partial charge in [-0.3, -0.25) is 0 Å². The number of pyridine rings is 1. The number of aromatic nitrogens is 1. The molecule has 1 heterocycles. The Bertz CT molecular complexity index is 885. The number of fused-ring (bicyclic) bond motifs is 1. The Labute approximate surface area is 169 Å². The molecule has 0 aliphatic heterocycles. The number of anilines is 1. The molecule has 2 aromatic carbocycles. The molecule has 3 rings (SSSR count). The van der Waals surface area contributed by atoms with E-state index in [9.17, 15) is 0 Å². The van der Waals surface area contributed by atoms with Gasteiger partial charge in [-0.15, -0.1) is 0 Å². The van der Waals surface area contributed by atoms with E-state index in [2.05, 4.69) is 86.4 Å². The summed E-state index contributed by atoms with van der Waals surface area (Å²) in [5.74, 6) is 0. The van der Waals surface area contributed by atoms with Gasteiger partial charge < -0.3 is 10.2 Å². The van der Waals surface area contributed by atoms with Crippen LogP contribution >= 0.6 is 0 Å². The molecular formula is C25H33N3. The predicted molar refractivity (Wildman–Crippen MR) is 122 cm³/mol. The van der Waals surface area contributed by atoms with Gasteiger partial charge in [0, 0.05) is 22.7 Å². The Morgan fingerprint density at radius 1 is 1.00 bits per heavy atom. The molecule has 0 spiro atoms. The highest BCUT2D eigenvalue weighted by Crippen LogP contribution is 2.29. The first kappa shape index (κ1) is 20.3. The van der Waals surface area contributed by atoms with Crippen LogP contribution in [-0.4, -0.2) is 35.6 Å². The smallest absolute Gasteiger partial charge is 0.0732 e. The third-order valence-electron chi connectivity index (χ3n) is 5.44. The van der Waals surface area contributed by atoms with E-state index >= 15 is 0 Å². The lowest BCUT2D eigenvalue weighted by atomic mass is 10.1. The molecule has 3 nitrogen and oxygen atoms in total. The van der Waals surface area contributed by atoms with Crippen LogP contribution in [0.4, 0.5) is 5.69 Å². The van der Waals surface area contributed by atoms with E-state index in [4.69, 9.17) is 4.98 Å². The number of benzene rings is 2. The molecule has 1 aromatic heterocycles. The van der Waals surface area contributed by atoms with Crippen molar-refractivity contribution in [1.82, 2.24) is 9.88 Å². The molecule has 0 bridgehead atoms. The van der Waals surface area contributed by atoms with Gasteiger partial charge in [0.05, 0.1) is 11.2 Å². The second-order valence-corrected chi connectivity index (χ2v) is 7.66. The van der Waals surface area contributed by atoms with Crippen molar-refractivity contribution in [2.24, 2.45) is 0 Å². The average Bonchev–Trinajstić information content (AvgIpc) is 2.71. The van der Waals surface area contributed by atoms with Crippen LogP contribution in [0.5, 0.6) is 0 Å². The third-order valence-corrected chi connectivity index (χ3v) is 5.44. The van der Waals surface area contributed by atoms with Gasteiger partial charge in [0.25, 0.3) is 0 Å². The van der Waals surface area contributed by atoms with Gasteiger partial charge in [-0.1, -0.05) is 56.3 Å². The summed E-state index contributed by atoms with van der Waals surface area (Å²) in [5, 5.41) is 4.96. The molecule has 3 aromatic rings. The summed E-state index contributed by atoms with van der Waals surface area (Å²) in [5.41, 5.74) is 5.65. The van der Waals surface area contributed by atoms with Crippen molar-refractivity contribution < 1.29 is 0 Å². The van der Waals surface area contributed by atoms with E-state index in [1.54, 1.807) is 0 Å². The highest BCUT2D eigenvalue weighted by atomic mass is 15.1. The minimum atomic E-state index is 0.422. The van der Waals surface area contributed by atoms with Crippen molar-refractivity contribution in [2.75, 3.05) is 25.0 Å². The molecule has 0 fully saturated rings. The van der Waals surface area contributed by atoms with Crippen LogP contribution in [0.15, 0.2) is 54.6 Å². The first-order valence-electron chi connectivity index (χ1n) is 10.6. The van der Waals surface area contributed by atoms with Crippen LogP contribution in [0.3, 0.4) is 0 Å². The fourth-order valence-corrected chi connectivity index (χ4v) is 3.71. The van der Waals surface area contributed by atoms with Crippen molar-refractivity contribution in [3.05, 3.63) is 60.2 Å². The van der Waals surface area contributed by atoms with Crippen LogP contribution < -0.4 is 5.32 Å². The lowest BCUT2D eigenvalue weighted by molar-refractivity contribution is 0.295. The quantitative estimate of drug-likeness (QED) is 0.487. The standard InChI is InChI=1S/C25H33N3/c1-5-28(6-2)16-10-11-20(4)26-25-18-23(21-12-8-7-9-13-21)27-24-17-19(3)14-15-22(24)25/h7-9,12-15,17-18,20H,5-6,10-11,16H2,1-4H3,(H,26,27). The van der Waals surface area contributed by atoms with Gasteiger partial charge in [0.15, 0.2) is 0 Å². The number of hydrogen-bond acceptors (Lipinski definition) is 3. The van der Waals surface area contributed by atoms with Gasteiger partial charge in [-0.2, -0.15) is 0 Å². The minimum Gasteiger partial charge on any atom is -0.382 e.